The fourth-order valence-electron chi connectivity index (χ4n) is 0.966. The van der Waals surface area contributed by atoms with Crippen molar-refractivity contribution in [2.45, 2.75) is 25.0 Å². The maximum absolute atomic E-state index is 11.6. The minimum absolute atomic E-state index is 0.0212. The zero-order valence-electron chi connectivity index (χ0n) is 8.23. The second kappa shape index (κ2) is 6.77. The molecular formula is C8H16N2O2S. The lowest BCUT2D eigenvalue weighted by Gasteiger charge is -2.17. The van der Waals surface area contributed by atoms with E-state index in [4.69, 9.17) is 5.21 Å². The summed E-state index contributed by atoms with van der Waals surface area (Å²) in [4.78, 5) is 12.9. The lowest BCUT2D eigenvalue weighted by atomic mass is 10.2. The Kier molecular flexibility index (Phi) is 6.40. The van der Waals surface area contributed by atoms with Gasteiger partial charge in [-0.25, -0.2) is 0 Å². The normalized spacial score (nSPS) is 13.2. The van der Waals surface area contributed by atoms with Crippen LogP contribution < -0.4 is 0 Å². The zero-order valence-corrected chi connectivity index (χ0v) is 9.04. The fourth-order valence-corrected chi connectivity index (χ4v) is 1.81. The molecule has 5 heteroatoms. The molecule has 0 bridgehead atoms. The highest BCUT2D eigenvalue weighted by Gasteiger charge is 2.18. The maximum Gasteiger partial charge on any atom is 0.240 e. The van der Waals surface area contributed by atoms with Gasteiger partial charge < -0.3 is 10.1 Å². The van der Waals surface area contributed by atoms with Gasteiger partial charge >= 0.3 is 0 Å². The van der Waals surface area contributed by atoms with Gasteiger partial charge in [0.15, 0.2) is 0 Å². The molecule has 1 N–H and O–H groups in total. The molecule has 0 aliphatic carbocycles. The number of hydrogen-bond acceptors (Lipinski definition) is 4. The van der Waals surface area contributed by atoms with Crippen molar-refractivity contribution in [3.05, 3.63) is 0 Å². The van der Waals surface area contributed by atoms with Crippen molar-refractivity contribution in [2.75, 3.05) is 13.3 Å². The van der Waals surface area contributed by atoms with E-state index in [-0.39, 0.29) is 11.2 Å². The Labute approximate surface area is 83.0 Å². The van der Waals surface area contributed by atoms with Crippen LogP contribution in [0.1, 0.15) is 19.8 Å². The Bertz CT molecular complexity index is 185. The highest BCUT2D eigenvalue weighted by atomic mass is 32.2. The van der Waals surface area contributed by atoms with E-state index in [9.17, 15) is 4.79 Å². The highest BCUT2D eigenvalue weighted by Crippen LogP contribution is 2.14. The van der Waals surface area contributed by atoms with Crippen molar-refractivity contribution in [1.82, 2.24) is 4.90 Å². The van der Waals surface area contributed by atoms with Crippen LogP contribution in [0, 0.1) is 0 Å². The molecule has 0 aromatic carbocycles. The molecule has 76 valence electrons. The topological polar surface area (TPSA) is 52.9 Å². The van der Waals surface area contributed by atoms with Crippen LogP contribution in [0.25, 0.3) is 0 Å². The number of carbonyl (C=O) groups excluding carboxylic acids is 1. The van der Waals surface area contributed by atoms with Crippen molar-refractivity contribution in [3.8, 4) is 0 Å². The second-order valence-corrected chi connectivity index (χ2v) is 3.73. The fraction of sp³-hybridized carbons (Fsp3) is 0.750. The SMILES string of the molecule is CCCC(SC)C(=O)N(C)C=NO. The summed E-state index contributed by atoms with van der Waals surface area (Å²) in [5, 5.41) is 11.0. The molecule has 1 amide bonds. The molecule has 0 aliphatic heterocycles. The molecular weight excluding hydrogens is 188 g/mol. The summed E-state index contributed by atoms with van der Waals surface area (Å²) < 4.78 is 0. The lowest BCUT2D eigenvalue weighted by Crippen LogP contribution is -2.33. The third kappa shape index (κ3) is 4.17. The Morgan fingerprint density at radius 1 is 1.77 bits per heavy atom. The smallest absolute Gasteiger partial charge is 0.240 e. The molecule has 1 atom stereocenters. The number of thioether (sulfide) groups is 1. The first kappa shape index (κ1) is 12.3. The Morgan fingerprint density at radius 3 is 2.77 bits per heavy atom. The molecule has 4 nitrogen and oxygen atoms in total. The van der Waals surface area contributed by atoms with Gasteiger partial charge in [-0.1, -0.05) is 18.5 Å². The number of oxime groups is 1. The first-order chi connectivity index (χ1) is 6.17. The van der Waals surface area contributed by atoms with Gasteiger partial charge in [-0.15, -0.1) is 0 Å². The van der Waals surface area contributed by atoms with Crippen molar-refractivity contribution in [1.29, 1.82) is 0 Å². The Hall–Kier alpha value is -0.710. The molecule has 0 heterocycles. The average Bonchev–Trinajstić information content (AvgIpc) is 2.13. The number of carbonyl (C=O) groups is 1. The van der Waals surface area contributed by atoms with Gasteiger partial charge in [-0.2, -0.15) is 11.8 Å². The number of hydrogen-bond donors (Lipinski definition) is 1. The number of amides is 1. The van der Waals surface area contributed by atoms with Crippen molar-refractivity contribution >= 4 is 24.0 Å². The van der Waals surface area contributed by atoms with Crippen LogP contribution in [-0.4, -0.2) is 40.9 Å². The first-order valence-corrected chi connectivity index (χ1v) is 5.43. The van der Waals surface area contributed by atoms with E-state index >= 15 is 0 Å². The first-order valence-electron chi connectivity index (χ1n) is 4.14. The monoisotopic (exact) mass is 204 g/mol. The van der Waals surface area contributed by atoms with Gasteiger partial charge in [0.2, 0.25) is 5.91 Å². The standard InChI is InChI=1S/C8H16N2O2S/c1-4-5-7(13-3)8(11)10(2)6-9-12/h6-7,12H,4-5H2,1-3H3. The maximum atomic E-state index is 11.6. The minimum atomic E-state index is -0.0343. The Morgan fingerprint density at radius 2 is 2.38 bits per heavy atom. The van der Waals surface area contributed by atoms with E-state index in [1.165, 1.54) is 16.7 Å². The zero-order chi connectivity index (χ0) is 10.3. The average molecular weight is 204 g/mol. The van der Waals surface area contributed by atoms with Gasteiger partial charge in [-0.05, 0) is 12.7 Å². The summed E-state index contributed by atoms with van der Waals surface area (Å²) in [6, 6.07) is 0. The molecule has 0 aromatic rings. The van der Waals surface area contributed by atoms with Gasteiger partial charge in [0.1, 0.15) is 6.34 Å². The molecule has 0 fully saturated rings. The predicted molar refractivity (Wildman–Crippen MR) is 55.3 cm³/mol. The second-order valence-electron chi connectivity index (χ2n) is 2.69. The van der Waals surface area contributed by atoms with Gasteiger partial charge in [-0.3, -0.25) is 4.79 Å². The predicted octanol–water partition coefficient (Wildman–Crippen LogP) is 1.39. The van der Waals surface area contributed by atoms with E-state index in [1.54, 1.807) is 7.05 Å². The molecule has 1 unspecified atom stereocenters. The lowest BCUT2D eigenvalue weighted by molar-refractivity contribution is -0.125. The third-order valence-electron chi connectivity index (χ3n) is 1.68. The minimum Gasteiger partial charge on any atom is -0.410 e. The molecule has 0 aromatic heterocycles. The van der Waals surface area contributed by atoms with E-state index < -0.39 is 0 Å². The van der Waals surface area contributed by atoms with E-state index in [0.717, 1.165) is 19.2 Å². The third-order valence-corrected chi connectivity index (χ3v) is 2.69. The molecule has 0 spiro atoms. The number of rotatable bonds is 5. The van der Waals surface area contributed by atoms with Crippen LogP contribution >= 0.6 is 11.8 Å². The van der Waals surface area contributed by atoms with E-state index in [2.05, 4.69) is 5.16 Å². The molecule has 0 saturated carbocycles. The summed E-state index contributed by atoms with van der Waals surface area (Å²) >= 11 is 1.52. The number of nitrogens with zero attached hydrogens (tertiary/aromatic N) is 2. The van der Waals surface area contributed by atoms with Crippen LogP contribution in [0.15, 0.2) is 5.16 Å². The molecule has 13 heavy (non-hydrogen) atoms. The van der Waals surface area contributed by atoms with E-state index in [0.29, 0.717) is 0 Å². The summed E-state index contributed by atoms with van der Waals surface area (Å²) in [5.41, 5.74) is 0. The van der Waals surface area contributed by atoms with Crippen molar-refractivity contribution in [2.24, 2.45) is 5.16 Å². The molecule has 0 saturated heterocycles. The van der Waals surface area contributed by atoms with Gasteiger partial charge in [0, 0.05) is 7.05 Å². The van der Waals surface area contributed by atoms with Crippen molar-refractivity contribution in [3.63, 3.8) is 0 Å². The molecule has 0 aliphatic rings. The molecule has 0 radical (unpaired) electrons. The van der Waals surface area contributed by atoms with E-state index in [1.807, 2.05) is 13.2 Å². The summed E-state index contributed by atoms with van der Waals surface area (Å²) in [5.74, 6) is -0.0212. The van der Waals surface area contributed by atoms with Crippen LogP contribution in [-0.2, 0) is 4.79 Å². The highest BCUT2D eigenvalue weighted by molar-refractivity contribution is 7.99. The summed E-state index contributed by atoms with van der Waals surface area (Å²) in [7, 11) is 1.58. The quantitative estimate of drug-likeness (QED) is 0.319. The largest absolute Gasteiger partial charge is 0.410 e. The van der Waals surface area contributed by atoms with Crippen LogP contribution in [0.2, 0.25) is 0 Å². The van der Waals surface area contributed by atoms with Gasteiger partial charge in [0.05, 0.1) is 5.25 Å². The van der Waals surface area contributed by atoms with Crippen molar-refractivity contribution < 1.29 is 10.0 Å². The van der Waals surface area contributed by atoms with Crippen LogP contribution in [0.3, 0.4) is 0 Å². The molecule has 0 rings (SSSR count). The summed E-state index contributed by atoms with van der Waals surface area (Å²) in [6.45, 7) is 2.04. The summed E-state index contributed by atoms with van der Waals surface area (Å²) in [6.07, 6.45) is 4.84. The Balaban J connectivity index is 4.18. The van der Waals surface area contributed by atoms with Crippen LogP contribution in [0.5, 0.6) is 0 Å². The van der Waals surface area contributed by atoms with Gasteiger partial charge in [0.25, 0.3) is 0 Å². The van der Waals surface area contributed by atoms with Crippen LogP contribution in [0.4, 0.5) is 0 Å².